The molecule has 0 radical (unpaired) electrons. The van der Waals surface area contributed by atoms with Crippen LogP contribution in [-0.2, 0) is 9.30 Å². The van der Waals surface area contributed by atoms with Crippen molar-refractivity contribution in [1.29, 1.82) is 0 Å². The lowest BCUT2D eigenvalue weighted by atomic mass is 10.2. The predicted molar refractivity (Wildman–Crippen MR) is 115 cm³/mol. The fourth-order valence-corrected chi connectivity index (χ4v) is 4.09. The number of carbonyl (C=O) groups is 1. The minimum Gasteiger partial charge on any atom is -0.492 e. The first-order valence-electron chi connectivity index (χ1n) is 8.39. The standard InChI is InChI=1S/C19H19IN2O5P/c1-19(2,3)26-18(23)22-14-10-9-12(11-13(14)17(20)21-22)27-28(24)16-8-6-5-7-15(16)25-4/h5-11H,1-4H3/q+1. The molecule has 0 aliphatic heterocycles. The highest BCUT2D eigenvalue weighted by Crippen LogP contribution is 2.33. The molecular formula is C19H19IN2O5P+. The number of hydrogen-bond donors (Lipinski definition) is 0. The third-order valence-electron chi connectivity index (χ3n) is 3.64. The maximum Gasteiger partial charge on any atom is 0.601 e. The molecule has 3 aromatic rings. The van der Waals surface area contributed by atoms with E-state index < -0.39 is 19.7 Å². The van der Waals surface area contributed by atoms with Gasteiger partial charge in [0.1, 0.15) is 9.30 Å². The molecule has 1 heterocycles. The number of hydrogen-bond acceptors (Lipinski definition) is 6. The zero-order valence-corrected chi connectivity index (χ0v) is 18.9. The van der Waals surface area contributed by atoms with Crippen LogP contribution in [0.5, 0.6) is 11.5 Å². The van der Waals surface area contributed by atoms with Crippen LogP contribution in [0.1, 0.15) is 20.8 Å². The Bertz CT molecular complexity index is 1060. The SMILES string of the molecule is COc1ccccc1[P+](=O)Oc1ccc2c(c1)c(I)nn2C(=O)OC(C)(C)C. The van der Waals surface area contributed by atoms with E-state index in [-0.39, 0.29) is 0 Å². The zero-order chi connectivity index (χ0) is 20.5. The van der Waals surface area contributed by atoms with E-state index in [2.05, 4.69) is 5.10 Å². The molecule has 9 heteroatoms. The van der Waals surface area contributed by atoms with E-state index in [9.17, 15) is 9.36 Å². The van der Waals surface area contributed by atoms with Crippen molar-refractivity contribution in [1.82, 2.24) is 9.78 Å². The number of para-hydroxylation sites is 1. The number of halogens is 1. The molecule has 1 aromatic heterocycles. The normalized spacial score (nSPS) is 12.0. The maximum absolute atomic E-state index is 12.6. The Morgan fingerprint density at radius 2 is 1.89 bits per heavy atom. The summed E-state index contributed by atoms with van der Waals surface area (Å²) >= 11 is 2.03. The second-order valence-corrected chi connectivity index (χ2v) is 9.08. The molecule has 0 aliphatic carbocycles. The number of nitrogens with zero attached hydrogens (tertiary/aromatic N) is 2. The Morgan fingerprint density at radius 1 is 1.18 bits per heavy atom. The van der Waals surface area contributed by atoms with Crippen molar-refractivity contribution in [3.8, 4) is 11.5 Å². The van der Waals surface area contributed by atoms with E-state index in [1.807, 2.05) is 22.6 Å². The summed E-state index contributed by atoms with van der Waals surface area (Å²) < 4.78 is 30.7. The van der Waals surface area contributed by atoms with Crippen LogP contribution >= 0.6 is 30.6 Å². The minimum atomic E-state index is -2.16. The number of benzene rings is 2. The van der Waals surface area contributed by atoms with Gasteiger partial charge in [0.05, 0.1) is 12.6 Å². The average molecular weight is 513 g/mol. The second-order valence-electron chi connectivity index (χ2n) is 6.88. The summed E-state index contributed by atoms with van der Waals surface area (Å²) in [5.74, 6) is 0.901. The fourth-order valence-electron chi connectivity index (χ4n) is 2.49. The summed E-state index contributed by atoms with van der Waals surface area (Å²) in [7, 11) is -0.649. The number of ether oxygens (including phenoxy) is 2. The highest BCUT2D eigenvalue weighted by Gasteiger charge is 2.29. The Kier molecular flexibility index (Phi) is 5.90. The first-order chi connectivity index (χ1) is 13.2. The second kappa shape index (κ2) is 8.05. The number of rotatable bonds is 4. The molecule has 0 bridgehead atoms. The van der Waals surface area contributed by atoms with Crippen LogP contribution in [0.25, 0.3) is 10.9 Å². The van der Waals surface area contributed by atoms with Crippen LogP contribution in [0.15, 0.2) is 42.5 Å². The molecule has 28 heavy (non-hydrogen) atoms. The van der Waals surface area contributed by atoms with Crippen molar-refractivity contribution >= 4 is 52.9 Å². The Morgan fingerprint density at radius 3 is 2.57 bits per heavy atom. The Labute approximate surface area is 177 Å². The van der Waals surface area contributed by atoms with Gasteiger partial charge < -0.3 is 9.47 Å². The third-order valence-corrected chi connectivity index (χ3v) is 5.58. The predicted octanol–water partition coefficient (Wildman–Crippen LogP) is 4.88. The Hall–Kier alpha value is -2.19. The number of carbonyl (C=O) groups excluding carboxylic acids is 1. The summed E-state index contributed by atoms with van der Waals surface area (Å²) in [6.07, 6.45) is -0.561. The van der Waals surface area contributed by atoms with Crippen molar-refractivity contribution in [3.63, 3.8) is 0 Å². The van der Waals surface area contributed by atoms with Gasteiger partial charge in [-0.2, -0.15) is 9.78 Å². The highest BCUT2D eigenvalue weighted by atomic mass is 127. The molecule has 0 saturated carbocycles. The summed E-state index contributed by atoms with van der Waals surface area (Å²) in [4.78, 5) is 12.4. The molecule has 7 nitrogen and oxygen atoms in total. The lowest BCUT2D eigenvalue weighted by molar-refractivity contribution is 0.0522. The van der Waals surface area contributed by atoms with E-state index >= 15 is 0 Å². The third kappa shape index (κ3) is 4.44. The molecule has 0 fully saturated rings. The lowest BCUT2D eigenvalue weighted by Gasteiger charge is -2.19. The smallest absolute Gasteiger partial charge is 0.492 e. The minimum absolute atomic E-state index is 0.404. The van der Waals surface area contributed by atoms with Gasteiger partial charge in [0.2, 0.25) is 0 Å². The zero-order valence-electron chi connectivity index (χ0n) is 15.8. The van der Waals surface area contributed by atoms with Gasteiger partial charge in [-0.25, -0.2) is 4.79 Å². The van der Waals surface area contributed by atoms with E-state index in [0.717, 1.165) is 0 Å². The van der Waals surface area contributed by atoms with Crippen LogP contribution < -0.4 is 14.6 Å². The van der Waals surface area contributed by atoms with Gasteiger partial charge >= 0.3 is 14.1 Å². The largest absolute Gasteiger partial charge is 0.601 e. The molecule has 0 amide bonds. The number of methoxy groups -OCH3 is 1. The van der Waals surface area contributed by atoms with Crippen molar-refractivity contribution in [2.75, 3.05) is 7.11 Å². The first-order valence-corrected chi connectivity index (χ1v) is 10.6. The van der Waals surface area contributed by atoms with Crippen LogP contribution in [0.2, 0.25) is 0 Å². The summed E-state index contributed by atoms with van der Waals surface area (Å²) in [5.41, 5.74) is -0.0460. The molecule has 2 aromatic carbocycles. The lowest BCUT2D eigenvalue weighted by Crippen LogP contribution is -2.27. The molecule has 3 rings (SSSR count). The molecule has 0 saturated heterocycles. The molecule has 0 aliphatic rings. The molecule has 0 N–H and O–H groups in total. The van der Waals surface area contributed by atoms with Gasteiger partial charge in [-0.3, -0.25) is 4.52 Å². The topological polar surface area (TPSA) is 79.7 Å². The van der Waals surface area contributed by atoms with E-state index in [1.165, 1.54) is 11.8 Å². The molecule has 0 spiro atoms. The van der Waals surface area contributed by atoms with Crippen LogP contribution in [0.4, 0.5) is 4.79 Å². The van der Waals surface area contributed by atoms with E-state index in [0.29, 0.717) is 31.4 Å². The molecular weight excluding hydrogens is 494 g/mol. The first kappa shape index (κ1) is 20.5. The van der Waals surface area contributed by atoms with Gasteiger partial charge in [-0.15, -0.1) is 0 Å². The van der Waals surface area contributed by atoms with Gasteiger partial charge in [0.25, 0.3) is 5.30 Å². The highest BCUT2D eigenvalue weighted by molar-refractivity contribution is 14.1. The molecule has 146 valence electrons. The fraction of sp³-hybridized carbons (Fsp3) is 0.263. The van der Waals surface area contributed by atoms with Gasteiger partial charge in [-0.05, 0) is 78.3 Å². The Balaban J connectivity index is 1.90. The number of aromatic nitrogens is 2. The quantitative estimate of drug-likeness (QED) is 0.366. The summed E-state index contributed by atoms with van der Waals surface area (Å²) in [6, 6.07) is 12.0. The van der Waals surface area contributed by atoms with Crippen molar-refractivity contribution < 1.29 is 23.4 Å². The summed E-state index contributed by atoms with van der Waals surface area (Å²) in [6.45, 7) is 5.38. The van der Waals surface area contributed by atoms with Gasteiger partial charge in [-0.1, -0.05) is 12.1 Å². The van der Waals surface area contributed by atoms with Gasteiger partial charge in [0, 0.05) is 5.39 Å². The van der Waals surface area contributed by atoms with Crippen LogP contribution in [-0.4, -0.2) is 28.6 Å². The maximum atomic E-state index is 12.6. The van der Waals surface area contributed by atoms with Crippen molar-refractivity contribution in [2.24, 2.45) is 0 Å². The monoisotopic (exact) mass is 513 g/mol. The van der Waals surface area contributed by atoms with Crippen LogP contribution in [0.3, 0.4) is 0 Å². The van der Waals surface area contributed by atoms with E-state index in [1.54, 1.807) is 63.2 Å². The van der Waals surface area contributed by atoms with Crippen molar-refractivity contribution in [2.45, 2.75) is 26.4 Å². The van der Waals surface area contributed by atoms with Gasteiger partial charge in [0.15, 0.2) is 11.5 Å². The van der Waals surface area contributed by atoms with Crippen molar-refractivity contribution in [3.05, 3.63) is 46.2 Å². The van der Waals surface area contributed by atoms with Crippen LogP contribution in [0, 0.1) is 3.70 Å². The molecule has 1 atom stereocenters. The number of fused-ring (bicyclic) bond motifs is 1. The van der Waals surface area contributed by atoms with E-state index in [4.69, 9.17) is 14.0 Å². The summed E-state index contributed by atoms with van der Waals surface area (Å²) in [5, 5.41) is 5.43. The molecule has 1 unspecified atom stereocenters. The average Bonchev–Trinajstić information content (AvgIpc) is 2.97.